The smallest absolute Gasteiger partial charge is 0.418 e. The number of alkyl halides is 3. The highest BCUT2D eigenvalue weighted by Crippen LogP contribution is 2.35. The van der Waals surface area contributed by atoms with Crippen molar-refractivity contribution in [1.29, 1.82) is 0 Å². The maximum Gasteiger partial charge on any atom is 0.418 e. The van der Waals surface area contributed by atoms with Crippen LogP contribution >= 0.6 is 11.3 Å². The summed E-state index contributed by atoms with van der Waals surface area (Å²) in [5, 5.41) is 7.11. The maximum absolute atomic E-state index is 13.1. The summed E-state index contributed by atoms with van der Waals surface area (Å²) in [6, 6.07) is 9.88. The molecule has 0 atom stereocenters. The number of hydrogen-bond acceptors (Lipinski definition) is 6. The van der Waals surface area contributed by atoms with Crippen LogP contribution in [-0.2, 0) is 6.18 Å². The number of nitrogens with zero attached hydrogens (tertiary/aromatic N) is 1. The van der Waals surface area contributed by atoms with Crippen molar-refractivity contribution in [3.63, 3.8) is 0 Å². The Labute approximate surface area is 168 Å². The number of carbonyl (C=O) groups excluding carboxylic acids is 1. The molecule has 3 rings (SSSR count). The maximum atomic E-state index is 13.1. The van der Waals surface area contributed by atoms with Gasteiger partial charge < -0.3 is 20.1 Å². The zero-order valence-electron chi connectivity index (χ0n) is 15.3. The van der Waals surface area contributed by atoms with Gasteiger partial charge in [-0.05, 0) is 24.3 Å². The molecule has 2 aromatic carbocycles. The summed E-state index contributed by atoms with van der Waals surface area (Å²) in [6.45, 7) is 0. The van der Waals surface area contributed by atoms with Crippen molar-refractivity contribution in [3.05, 3.63) is 59.1 Å². The van der Waals surface area contributed by atoms with Gasteiger partial charge in [-0.15, -0.1) is 11.3 Å². The van der Waals surface area contributed by atoms with Gasteiger partial charge in [-0.3, -0.25) is 4.79 Å². The highest BCUT2D eigenvalue weighted by Gasteiger charge is 2.33. The number of aromatic nitrogens is 1. The van der Waals surface area contributed by atoms with Crippen LogP contribution in [0.3, 0.4) is 0 Å². The number of hydrogen-bond donors (Lipinski definition) is 2. The Bertz CT molecular complexity index is 1020. The Kier molecular flexibility index (Phi) is 5.92. The van der Waals surface area contributed by atoms with Crippen LogP contribution in [0.2, 0.25) is 0 Å². The lowest BCUT2D eigenvalue weighted by Crippen LogP contribution is -2.16. The van der Waals surface area contributed by atoms with Crippen LogP contribution in [0.25, 0.3) is 0 Å². The van der Waals surface area contributed by atoms with Gasteiger partial charge in [-0.1, -0.05) is 12.1 Å². The van der Waals surface area contributed by atoms with Crippen molar-refractivity contribution in [1.82, 2.24) is 4.98 Å². The number of thiazole rings is 1. The SMILES string of the molecule is COc1ccc(Nc2nc(C(=O)Nc3ccccc3C(F)(F)F)cs2)c(OC)c1. The van der Waals surface area contributed by atoms with E-state index in [1.807, 2.05) is 0 Å². The van der Waals surface area contributed by atoms with E-state index in [-0.39, 0.29) is 11.4 Å². The summed E-state index contributed by atoms with van der Waals surface area (Å²) in [5.74, 6) is 0.368. The number of amides is 1. The molecule has 29 heavy (non-hydrogen) atoms. The highest BCUT2D eigenvalue weighted by molar-refractivity contribution is 7.14. The molecule has 0 aliphatic carbocycles. The zero-order chi connectivity index (χ0) is 21.0. The van der Waals surface area contributed by atoms with Crippen LogP contribution in [0.5, 0.6) is 11.5 Å². The molecule has 1 amide bonds. The Hall–Kier alpha value is -3.27. The van der Waals surface area contributed by atoms with Gasteiger partial charge in [0.2, 0.25) is 0 Å². The molecule has 0 radical (unpaired) electrons. The van der Waals surface area contributed by atoms with Gasteiger partial charge in [0, 0.05) is 11.4 Å². The molecular weight excluding hydrogens is 407 g/mol. The number of ether oxygens (including phenoxy) is 2. The molecule has 10 heteroatoms. The molecule has 0 unspecified atom stereocenters. The van der Waals surface area contributed by atoms with Crippen molar-refractivity contribution < 1.29 is 27.4 Å². The minimum Gasteiger partial charge on any atom is -0.497 e. The van der Waals surface area contributed by atoms with Gasteiger partial charge in [0.15, 0.2) is 5.13 Å². The zero-order valence-corrected chi connectivity index (χ0v) is 16.1. The summed E-state index contributed by atoms with van der Waals surface area (Å²) in [6.07, 6.45) is -4.58. The molecule has 3 aromatic rings. The lowest BCUT2D eigenvalue weighted by atomic mass is 10.1. The second-order valence-electron chi connectivity index (χ2n) is 5.73. The summed E-state index contributed by atoms with van der Waals surface area (Å²) >= 11 is 1.13. The molecule has 0 aliphatic rings. The molecular formula is C19H16F3N3O3S. The average Bonchev–Trinajstić information content (AvgIpc) is 3.16. The third-order valence-electron chi connectivity index (χ3n) is 3.87. The molecule has 6 nitrogen and oxygen atoms in total. The van der Waals surface area contributed by atoms with Gasteiger partial charge in [0.25, 0.3) is 5.91 Å². The van der Waals surface area contributed by atoms with E-state index in [0.717, 1.165) is 17.4 Å². The van der Waals surface area contributed by atoms with Crippen LogP contribution in [0.15, 0.2) is 47.8 Å². The number of carbonyl (C=O) groups is 1. The van der Waals surface area contributed by atoms with Crippen LogP contribution in [0.1, 0.15) is 16.1 Å². The van der Waals surface area contributed by atoms with E-state index in [1.165, 1.54) is 37.8 Å². The Morgan fingerprint density at radius 3 is 2.52 bits per heavy atom. The first kappa shape index (κ1) is 20.5. The number of benzene rings is 2. The normalized spacial score (nSPS) is 11.1. The quantitative estimate of drug-likeness (QED) is 0.572. The molecule has 0 saturated carbocycles. The van der Waals surface area contributed by atoms with Crippen LogP contribution in [-0.4, -0.2) is 25.1 Å². The van der Waals surface area contributed by atoms with Crippen molar-refractivity contribution >= 4 is 33.8 Å². The number of anilines is 3. The van der Waals surface area contributed by atoms with Crippen molar-refractivity contribution in [3.8, 4) is 11.5 Å². The first-order valence-electron chi connectivity index (χ1n) is 8.24. The fourth-order valence-corrected chi connectivity index (χ4v) is 3.18. The molecule has 0 bridgehead atoms. The van der Waals surface area contributed by atoms with E-state index in [0.29, 0.717) is 22.3 Å². The number of para-hydroxylation sites is 1. The molecule has 2 N–H and O–H groups in total. The Morgan fingerprint density at radius 1 is 1.07 bits per heavy atom. The van der Waals surface area contributed by atoms with E-state index in [9.17, 15) is 18.0 Å². The fourth-order valence-electron chi connectivity index (χ4n) is 2.48. The van der Waals surface area contributed by atoms with E-state index in [4.69, 9.17) is 9.47 Å². The third-order valence-corrected chi connectivity index (χ3v) is 4.63. The van der Waals surface area contributed by atoms with Gasteiger partial charge in [-0.2, -0.15) is 13.2 Å². The lowest BCUT2D eigenvalue weighted by Gasteiger charge is -2.12. The van der Waals surface area contributed by atoms with E-state index >= 15 is 0 Å². The van der Waals surface area contributed by atoms with Gasteiger partial charge in [-0.25, -0.2) is 4.98 Å². The second-order valence-corrected chi connectivity index (χ2v) is 6.58. The summed E-state index contributed by atoms with van der Waals surface area (Å²) in [5.41, 5.74) is -0.673. The first-order chi connectivity index (χ1) is 13.8. The molecule has 1 aromatic heterocycles. The average molecular weight is 423 g/mol. The molecule has 0 aliphatic heterocycles. The molecule has 0 spiro atoms. The highest BCUT2D eigenvalue weighted by atomic mass is 32.1. The number of methoxy groups -OCH3 is 2. The monoisotopic (exact) mass is 423 g/mol. The number of nitrogens with one attached hydrogen (secondary N) is 2. The van der Waals surface area contributed by atoms with Gasteiger partial charge in [0.1, 0.15) is 17.2 Å². The molecule has 0 fully saturated rings. The minimum atomic E-state index is -4.58. The molecule has 152 valence electrons. The summed E-state index contributed by atoms with van der Waals surface area (Å²) < 4.78 is 49.7. The number of halogens is 3. The van der Waals surface area contributed by atoms with Crippen LogP contribution < -0.4 is 20.1 Å². The Morgan fingerprint density at radius 2 is 1.83 bits per heavy atom. The van der Waals surface area contributed by atoms with Gasteiger partial charge >= 0.3 is 6.18 Å². The van der Waals surface area contributed by atoms with Gasteiger partial charge in [0.05, 0.1) is 31.2 Å². The van der Waals surface area contributed by atoms with Crippen molar-refractivity contribution in [2.45, 2.75) is 6.18 Å². The van der Waals surface area contributed by atoms with Crippen LogP contribution in [0, 0.1) is 0 Å². The second kappa shape index (κ2) is 8.39. The predicted octanol–water partition coefficient (Wildman–Crippen LogP) is 5.18. The summed E-state index contributed by atoms with van der Waals surface area (Å²) in [7, 11) is 3.03. The minimum absolute atomic E-state index is 0.0121. The fraction of sp³-hybridized carbons (Fsp3) is 0.158. The standard InChI is InChI=1S/C19H16F3N3O3S/c1-27-11-7-8-14(16(9-11)28-2)24-18-25-15(10-29-18)17(26)23-13-6-4-3-5-12(13)19(20,21)22/h3-10H,1-2H3,(H,23,26)(H,24,25). The summed E-state index contributed by atoms with van der Waals surface area (Å²) in [4.78, 5) is 16.5. The predicted molar refractivity (Wildman–Crippen MR) is 104 cm³/mol. The molecule has 1 heterocycles. The Balaban J connectivity index is 1.77. The van der Waals surface area contributed by atoms with Crippen molar-refractivity contribution in [2.75, 3.05) is 24.9 Å². The number of rotatable bonds is 6. The van der Waals surface area contributed by atoms with Crippen LogP contribution in [0.4, 0.5) is 29.7 Å². The third kappa shape index (κ3) is 4.77. The van der Waals surface area contributed by atoms with E-state index in [1.54, 1.807) is 18.2 Å². The largest absolute Gasteiger partial charge is 0.497 e. The van der Waals surface area contributed by atoms with Crippen molar-refractivity contribution in [2.24, 2.45) is 0 Å². The van der Waals surface area contributed by atoms with E-state index < -0.39 is 17.6 Å². The first-order valence-corrected chi connectivity index (χ1v) is 9.12. The topological polar surface area (TPSA) is 72.5 Å². The lowest BCUT2D eigenvalue weighted by molar-refractivity contribution is -0.136. The molecule has 0 saturated heterocycles. The van der Waals surface area contributed by atoms with E-state index in [2.05, 4.69) is 15.6 Å².